The van der Waals surface area contributed by atoms with E-state index in [1.54, 1.807) is 0 Å². The van der Waals surface area contributed by atoms with Crippen LogP contribution in [0.5, 0.6) is 5.75 Å². The molecule has 0 aliphatic heterocycles. The molecule has 1 N–H and O–H groups in total. The van der Waals surface area contributed by atoms with Crippen molar-refractivity contribution in [3.63, 3.8) is 0 Å². The average molecular weight is 195 g/mol. The molecule has 0 aliphatic carbocycles. The van der Waals surface area contributed by atoms with Crippen LogP contribution in [0.3, 0.4) is 0 Å². The minimum absolute atomic E-state index is 0.0219. The van der Waals surface area contributed by atoms with E-state index >= 15 is 0 Å². The molecule has 0 atom stereocenters. The van der Waals surface area contributed by atoms with Gasteiger partial charge in [-0.3, -0.25) is 0 Å². The smallest absolute Gasteiger partial charge is 0.209 e. The summed E-state index contributed by atoms with van der Waals surface area (Å²) in [5.41, 5.74) is 0.456. The van der Waals surface area contributed by atoms with E-state index in [4.69, 9.17) is 9.52 Å². The Bertz CT molecular complexity index is 476. The lowest BCUT2D eigenvalue weighted by Gasteiger charge is -1.94. The quantitative estimate of drug-likeness (QED) is 0.761. The summed E-state index contributed by atoms with van der Waals surface area (Å²) < 4.78 is 18.5. The highest BCUT2D eigenvalue weighted by molar-refractivity contribution is 5.75. The molecule has 74 valence electrons. The van der Waals surface area contributed by atoms with Gasteiger partial charge in [0.2, 0.25) is 5.82 Å². The zero-order valence-corrected chi connectivity index (χ0v) is 7.91. The first kappa shape index (κ1) is 8.99. The van der Waals surface area contributed by atoms with Crippen molar-refractivity contribution in [1.29, 1.82) is 0 Å². The van der Waals surface area contributed by atoms with Crippen molar-refractivity contribution in [2.24, 2.45) is 0 Å². The number of benzene rings is 1. The molecule has 0 bridgehead atoms. The molecule has 0 unspecified atom stereocenters. The fourth-order valence-corrected chi connectivity index (χ4v) is 1.21. The molecule has 0 spiro atoms. The third kappa shape index (κ3) is 1.23. The van der Waals surface area contributed by atoms with Crippen LogP contribution in [0.15, 0.2) is 16.5 Å². The van der Waals surface area contributed by atoms with E-state index in [1.165, 1.54) is 12.1 Å². The van der Waals surface area contributed by atoms with Crippen LogP contribution >= 0.6 is 0 Å². The van der Waals surface area contributed by atoms with Gasteiger partial charge in [-0.25, -0.2) is 4.98 Å². The van der Waals surface area contributed by atoms with Gasteiger partial charge in [-0.05, 0) is 12.1 Å². The molecule has 1 aromatic heterocycles. The highest BCUT2D eigenvalue weighted by Crippen LogP contribution is 2.27. The number of halogens is 1. The number of aromatic nitrogens is 1. The fraction of sp³-hybridized carbons (Fsp3) is 0.300. The van der Waals surface area contributed by atoms with Gasteiger partial charge < -0.3 is 9.52 Å². The number of oxazole rings is 1. The highest BCUT2D eigenvalue weighted by atomic mass is 19.1. The molecule has 0 amide bonds. The molecule has 0 aliphatic rings. The second kappa shape index (κ2) is 2.97. The lowest BCUT2D eigenvalue weighted by molar-refractivity contribution is 0.423. The van der Waals surface area contributed by atoms with E-state index in [1.807, 2.05) is 13.8 Å². The Morgan fingerprint density at radius 3 is 2.79 bits per heavy atom. The Hall–Kier alpha value is -1.58. The number of aromatic hydroxyl groups is 1. The topological polar surface area (TPSA) is 46.3 Å². The maximum Gasteiger partial charge on any atom is 0.209 e. The normalized spacial score (nSPS) is 11.4. The van der Waals surface area contributed by atoms with Crippen molar-refractivity contribution in [2.75, 3.05) is 0 Å². The van der Waals surface area contributed by atoms with Gasteiger partial charge in [0.05, 0.1) is 0 Å². The number of phenols is 1. The zero-order valence-electron chi connectivity index (χ0n) is 7.91. The Kier molecular flexibility index (Phi) is 1.91. The third-order valence-corrected chi connectivity index (χ3v) is 1.99. The van der Waals surface area contributed by atoms with Crippen LogP contribution < -0.4 is 0 Å². The fourth-order valence-electron chi connectivity index (χ4n) is 1.21. The Balaban J connectivity index is 2.71. The van der Waals surface area contributed by atoms with E-state index in [2.05, 4.69) is 4.98 Å². The summed E-state index contributed by atoms with van der Waals surface area (Å²) in [6, 6.07) is 2.80. The standard InChI is InChI=1S/C10H10FNO2/c1-5(2)10-12-6-3-4-7(13)8(11)9(6)14-10/h3-5,13H,1-2H3. The summed E-state index contributed by atoms with van der Waals surface area (Å²) in [6.45, 7) is 3.81. The van der Waals surface area contributed by atoms with E-state index in [9.17, 15) is 4.39 Å². The molecule has 3 nitrogen and oxygen atoms in total. The molecule has 0 fully saturated rings. The van der Waals surface area contributed by atoms with Gasteiger partial charge in [0.15, 0.2) is 17.2 Å². The predicted molar refractivity (Wildman–Crippen MR) is 49.7 cm³/mol. The van der Waals surface area contributed by atoms with Crippen LogP contribution in [0.25, 0.3) is 11.1 Å². The van der Waals surface area contributed by atoms with Crippen molar-refractivity contribution in [3.05, 3.63) is 23.8 Å². The number of phenolic OH excluding ortho intramolecular Hbond substituents is 1. The molecular weight excluding hydrogens is 185 g/mol. The number of nitrogens with zero attached hydrogens (tertiary/aromatic N) is 1. The SMILES string of the molecule is CC(C)c1nc2ccc(O)c(F)c2o1. The van der Waals surface area contributed by atoms with Crippen LogP contribution in [0.4, 0.5) is 4.39 Å². The van der Waals surface area contributed by atoms with Crippen LogP contribution in [0.2, 0.25) is 0 Å². The number of hydrogen-bond acceptors (Lipinski definition) is 3. The predicted octanol–water partition coefficient (Wildman–Crippen LogP) is 2.80. The molecule has 0 radical (unpaired) electrons. The number of fused-ring (bicyclic) bond motifs is 1. The van der Waals surface area contributed by atoms with Crippen molar-refractivity contribution in [2.45, 2.75) is 19.8 Å². The molecular formula is C10H10FNO2. The highest BCUT2D eigenvalue weighted by Gasteiger charge is 2.14. The van der Waals surface area contributed by atoms with Gasteiger partial charge in [-0.15, -0.1) is 0 Å². The minimum atomic E-state index is -0.748. The van der Waals surface area contributed by atoms with Gasteiger partial charge in [0, 0.05) is 5.92 Å². The van der Waals surface area contributed by atoms with Crippen molar-refractivity contribution in [3.8, 4) is 5.75 Å². The summed E-state index contributed by atoms with van der Waals surface area (Å²) in [7, 11) is 0. The van der Waals surface area contributed by atoms with Crippen LogP contribution in [0.1, 0.15) is 25.7 Å². The Morgan fingerprint density at radius 2 is 2.14 bits per heavy atom. The summed E-state index contributed by atoms with van der Waals surface area (Å²) in [4.78, 5) is 4.10. The molecule has 2 rings (SSSR count). The van der Waals surface area contributed by atoms with Crippen molar-refractivity contribution >= 4 is 11.1 Å². The minimum Gasteiger partial charge on any atom is -0.505 e. The summed E-state index contributed by atoms with van der Waals surface area (Å²) in [6.07, 6.45) is 0. The first-order valence-corrected chi connectivity index (χ1v) is 4.37. The van der Waals surface area contributed by atoms with Gasteiger partial charge >= 0.3 is 0 Å². The first-order valence-electron chi connectivity index (χ1n) is 4.37. The van der Waals surface area contributed by atoms with Crippen LogP contribution in [-0.4, -0.2) is 10.1 Å². The Morgan fingerprint density at radius 1 is 1.43 bits per heavy atom. The van der Waals surface area contributed by atoms with Gasteiger partial charge in [0.1, 0.15) is 5.52 Å². The summed E-state index contributed by atoms with van der Waals surface area (Å²) in [5, 5.41) is 9.10. The summed E-state index contributed by atoms with van der Waals surface area (Å²) >= 11 is 0. The van der Waals surface area contributed by atoms with Gasteiger partial charge in [-0.1, -0.05) is 13.8 Å². The summed E-state index contributed by atoms with van der Waals surface area (Å²) in [5.74, 6) is -0.584. The van der Waals surface area contributed by atoms with E-state index in [-0.39, 0.29) is 11.5 Å². The second-order valence-electron chi connectivity index (χ2n) is 3.45. The molecule has 14 heavy (non-hydrogen) atoms. The van der Waals surface area contributed by atoms with E-state index in [0.29, 0.717) is 11.4 Å². The number of hydrogen-bond donors (Lipinski definition) is 1. The molecule has 0 saturated carbocycles. The molecule has 2 aromatic rings. The second-order valence-corrected chi connectivity index (χ2v) is 3.45. The van der Waals surface area contributed by atoms with Crippen molar-refractivity contribution < 1.29 is 13.9 Å². The van der Waals surface area contributed by atoms with Crippen molar-refractivity contribution in [1.82, 2.24) is 4.98 Å². The molecule has 0 saturated heterocycles. The monoisotopic (exact) mass is 195 g/mol. The maximum atomic E-state index is 13.3. The lowest BCUT2D eigenvalue weighted by Crippen LogP contribution is -1.84. The van der Waals surface area contributed by atoms with Crippen LogP contribution in [0, 0.1) is 5.82 Å². The maximum absolute atomic E-state index is 13.3. The molecule has 1 aromatic carbocycles. The van der Waals surface area contributed by atoms with Crippen LogP contribution in [-0.2, 0) is 0 Å². The largest absolute Gasteiger partial charge is 0.505 e. The average Bonchev–Trinajstić information content (AvgIpc) is 2.56. The molecule has 4 heteroatoms. The number of rotatable bonds is 1. The van der Waals surface area contributed by atoms with Gasteiger partial charge in [0.25, 0.3) is 0 Å². The lowest BCUT2D eigenvalue weighted by atomic mass is 10.2. The third-order valence-electron chi connectivity index (χ3n) is 1.99. The molecule has 1 heterocycles. The zero-order chi connectivity index (χ0) is 10.3. The van der Waals surface area contributed by atoms with E-state index in [0.717, 1.165) is 0 Å². The Labute approximate surface area is 80.2 Å². The first-order chi connectivity index (χ1) is 6.59. The van der Waals surface area contributed by atoms with Gasteiger partial charge in [-0.2, -0.15) is 4.39 Å². The van der Waals surface area contributed by atoms with E-state index < -0.39 is 11.6 Å².